The molecule has 114 valence electrons. The van der Waals surface area contributed by atoms with Gasteiger partial charge in [-0.15, -0.1) is 17.9 Å². The average molecular weight is 316 g/mol. The summed E-state index contributed by atoms with van der Waals surface area (Å²) in [5.74, 6) is 0. The van der Waals surface area contributed by atoms with Crippen LogP contribution in [0.3, 0.4) is 0 Å². The molecule has 0 spiro atoms. The molecule has 0 saturated carbocycles. The van der Waals surface area contributed by atoms with Crippen LogP contribution in [-0.2, 0) is 16.4 Å². The Kier molecular flexibility index (Phi) is 5.94. The zero-order chi connectivity index (χ0) is 15.4. The standard InChI is InChI=1S/C14H24N2O2S2/c1-6-11-16(14(2,3)4)20(17,18)13-8-7-12(19-13)9-10-15-5/h6-8,15H,1,9-11H2,2-5H3. The molecule has 0 amide bonds. The van der Waals surface area contributed by atoms with Crippen molar-refractivity contribution in [1.82, 2.24) is 9.62 Å². The van der Waals surface area contributed by atoms with Crippen LogP contribution < -0.4 is 5.32 Å². The van der Waals surface area contributed by atoms with Gasteiger partial charge in [0, 0.05) is 17.0 Å². The summed E-state index contributed by atoms with van der Waals surface area (Å²) in [7, 11) is -1.58. The van der Waals surface area contributed by atoms with Gasteiger partial charge in [-0.1, -0.05) is 6.08 Å². The van der Waals surface area contributed by atoms with Gasteiger partial charge in [0.15, 0.2) is 0 Å². The van der Waals surface area contributed by atoms with E-state index < -0.39 is 15.6 Å². The van der Waals surface area contributed by atoms with E-state index >= 15 is 0 Å². The fourth-order valence-corrected chi connectivity index (χ4v) is 5.06. The third-order valence-corrected chi connectivity index (χ3v) is 6.59. The largest absolute Gasteiger partial charge is 0.319 e. The summed E-state index contributed by atoms with van der Waals surface area (Å²) in [6.07, 6.45) is 2.46. The number of nitrogens with zero attached hydrogens (tertiary/aromatic N) is 1. The first-order chi connectivity index (χ1) is 9.23. The molecular formula is C14H24N2O2S2. The Hall–Kier alpha value is -0.690. The number of nitrogens with one attached hydrogen (secondary N) is 1. The van der Waals surface area contributed by atoms with Crippen molar-refractivity contribution < 1.29 is 8.42 Å². The molecule has 0 aliphatic carbocycles. The Balaban J connectivity index is 3.07. The van der Waals surface area contributed by atoms with Gasteiger partial charge in [-0.05, 0) is 52.9 Å². The predicted molar refractivity (Wildman–Crippen MR) is 85.8 cm³/mol. The minimum atomic E-state index is -3.46. The second-order valence-corrected chi connectivity index (χ2v) is 8.83. The zero-order valence-electron chi connectivity index (χ0n) is 12.6. The summed E-state index contributed by atoms with van der Waals surface area (Å²) in [4.78, 5) is 1.07. The van der Waals surface area contributed by atoms with E-state index in [-0.39, 0.29) is 0 Å². The van der Waals surface area contributed by atoms with Gasteiger partial charge in [0.2, 0.25) is 0 Å². The lowest BCUT2D eigenvalue weighted by molar-refractivity contribution is 0.270. The topological polar surface area (TPSA) is 49.4 Å². The van der Waals surface area contributed by atoms with Crippen LogP contribution in [-0.4, -0.2) is 38.4 Å². The highest BCUT2D eigenvalue weighted by atomic mass is 32.2. The third-order valence-electron chi connectivity index (χ3n) is 2.85. The van der Waals surface area contributed by atoms with Crippen LogP contribution in [0.1, 0.15) is 25.6 Å². The highest BCUT2D eigenvalue weighted by Gasteiger charge is 2.33. The lowest BCUT2D eigenvalue weighted by Crippen LogP contribution is -2.45. The molecule has 1 rings (SSSR count). The SMILES string of the molecule is C=CCN(C(C)(C)C)S(=O)(=O)c1ccc(CCNC)s1. The second kappa shape index (κ2) is 6.85. The predicted octanol–water partition coefficient (Wildman–Crippen LogP) is 2.49. The lowest BCUT2D eigenvalue weighted by atomic mass is 10.1. The van der Waals surface area contributed by atoms with Crippen molar-refractivity contribution in [2.45, 2.75) is 36.9 Å². The molecule has 0 fully saturated rings. The summed E-state index contributed by atoms with van der Waals surface area (Å²) < 4.78 is 27.3. The van der Waals surface area contributed by atoms with E-state index in [1.54, 1.807) is 12.1 Å². The maximum Gasteiger partial charge on any atom is 0.253 e. The van der Waals surface area contributed by atoms with Crippen LogP contribution in [0.25, 0.3) is 0 Å². The molecule has 4 nitrogen and oxygen atoms in total. The Bertz CT molecular complexity index is 542. The molecule has 1 aromatic rings. The summed E-state index contributed by atoms with van der Waals surface area (Å²) >= 11 is 1.35. The highest BCUT2D eigenvalue weighted by molar-refractivity contribution is 7.91. The van der Waals surface area contributed by atoms with Gasteiger partial charge < -0.3 is 5.32 Å². The van der Waals surface area contributed by atoms with Gasteiger partial charge in [0.1, 0.15) is 4.21 Å². The zero-order valence-corrected chi connectivity index (χ0v) is 14.3. The molecule has 0 bridgehead atoms. The van der Waals surface area contributed by atoms with E-state index in [0.29, 0.717) is 10.8 Å². The number of sulfonamides is 1. The van der Waals surface area contributed by atoms with Gasteiger partial charge in [-0.3, -0.25) is 0 Å². The number of likely N-dealkylation sites (N-methyl/N-ethyl adjacent to an activating group) is 1. The van der Waals surface area contributed by atoms with Crippen molar-refractivity contribution in [2.24, 2.45) is 0 Å². The van der Waals surface area contributed by atoms with Crippen molar-refractivity contribution in [1.29, 1.82) is 0 Å². The highest BCUT2D eigenvalue weighted by Crippen LogP contribution is 2.29. The van der Waals surface area contributed by atoms with E-state index in [1.807, 2.05) is 33.9 Å². The molecule has 1 aromatic heterocycles. The van der Waals surface area contributed by atoms with Crippen LogP contribution in [0.4, 0.5) is 0 Å². The first kappa shape index (κ1) is 17.4. The molecule has 0 unspecified atom stereocenters. The molecule has 0 saturated heterocycles. The van der Waals surface area contributed by atoms with Gasteiger partial charge in [0.05, 0.1) is 0 Å². The third kappa shape index (κ3) is 4.15. The molecule has 0 aromatic carbocycles. The Morgan fingerprint density at radius 3 is 2.55 bits per heavy atom. The maximum atomic E-state index is 12.7. The number of thiophene rings is 1. The average Bonchev–Trinajstić information content (AvgIpc) is 2.81. The molecule has 1 heterocycles. The van der Waals surface area contributed by atoms with Gasteiger partial charge >= 0.3 is 0 Å². The van der Waals surface area contributed by atoms with Crippen molar-refractivity contribution >= 4 is 21.4 Å². The minimum Gasteiger partial charge on any atom is -0.319 e. The molecule has 0 radical (unpaired) electrons. The fourth-order valence-electron chi connectivity index (χ4n) is 1.84. The van der Waals surface area contributed by atoms with Crippen molar-refractivity contribution in [3.05, 3.63) is 29.7 Å². The van der Waals surface area contributed by atoms with Crippen LogP contribution >= 0.6 is 11.3 Å². The van der Waals surface area contributed by atoms with E-state index in [0.717, 1.165) is 17.8 Å². The molecule has 6 heteroatoms. The van der Waals surface area contributed by atoms with E-state index in [2.05, 4.69) is 11.9 Å². The Labute approximate surface area is 126 Å². The number of hydrogen-bond donors (Lipinski definition) is 1. The first-order valence-electron chi connectivity index (χ1n) is 6.60. The van der Waals surface area contributed by atoms with E-state index in [9.17, 15) is 8.42 Å². The second-order valence-electron chi connectivity index (χ2n) is 5.57. The Morgan fingerprint density at radius 1 is 1.40 bits per heavy atom. The summed E-state index contributed by atoms with van der Waals surface area (Å²) in [6.45, 7) is 10.5. The monoisotopic (exact) mass is 316 g/mol. The van der Waals surface area contributed by atoms with Crippen molar-refractivity contribution in [2.75, 3.05) is 20.1 Å². The quantitative estimate of drug-likeness (QED) is 0.786. The lowest BCUT2D eigenvalue weighted by Gasteiger charge is -2.33. The van der Waals surface area contributed by atoms with E-state index in [1.165, 1.54) is 15.6 Å². The number of rotatable bonds is 7. The summed E-state index contributed by atoms with van der Waals surface area (Å²) in [5, 5.41) is 3.07. The minimum absolute atomic E-state index is 0.315. The van der Waals surface area contributed by atoms with Crippen molar-refractivity contribution in [3.63, 3.8) is 0 Å². The van der Waals surface area contributed by atoms with Crippen LogP contribution in [0.5, 0.6) is 0 Å². The van der Waals surface area contributed by atoms with Gasteiger partial charge in [0.25, 0.3) is 10.0 Å². The molecular weight excluding hydrogens is 292 g/mol. The molecule has 20 heavy (non-hydrogen) atoms. The fraction of sp³-hybridized carbons (Fsp3) is 0.571. The molecule has 1 N–H and O–H groups in total. The number of hydrogen-bond acceptors (Lipinski definition) is 4. The molecule has 0 aliphatic rings. The maximum absolute atomic E-state index is 12.7. The van der Waals surface area contributed by atoms with Crippen LogP contribution in [0, 0.1) is 0 Å². The molecule has 0 atom stereocenters. The first-order valence-corrected chi connectivity index (χ1v) is 8.86. The summed E-state index contributed by atoms with van der Waals surface area (Å²) in [5.41, 5.74) is -0.470. The van der Waals surface area contributed by atoms with Crippen LogP contribution in [0.2, 0.25) is 0 Å². The van der Waals surface area contributed by atoms with Crippen molar-refractivity contribution in [3.8, 4) is 0 Å². The smallest absolute Gasteiger partial charge is 0.253 e. The van der Waals surface area contributed by atoms with E-state index in [4.69, 9.17) is 0 Å². The normalized spacial score (nSPS) is 12.8. The van der Waals surface area contributed by atoms with Crippen LogP contribution in [0.15, 0.2) is 29.0 Å². The Morgan fingerprint density at radius 2 is 2.05 bits per heavy atom. The van der Waals surface area contributed by atoms with Gasteiger partial charge in [-0.2, -0.15) is 4.31 Å². The molecule has 0 aliphatic heterocycles. The van der Waals surface area contributed by atoms with Gasteiger partial charge in [-0.25, -0.2) is 8.42 Å². The summed E-state index contributed by atoms with van der Waals surface area (Å²) in [6, 6.07) is 3.59.